The number of halogens is 1. The van der Waals surface area contributed by atoms with Gasteiger partial charge in [-0.25, -0.2) is 4.79 Å². The summed E-state index contributed by atoms with van der Waals surface area (Å²) in [6.07, 6.45) is 4.89. The Morgan fingerprint density at radius 1 is 1.05 bits per heavy atom. The number of amides is 1. The van der Waals surface area contributed by atoms with Crippen LogP contribution in [0, 0.1) is 24.2 Å². The lowest BCUT2D eigenvalue weighted by molar-refractivity contribution is 0.0917. The number of hydrogen-bond acceptors (Lipinski definition) is 5. The molecule has 4 aromatic rings. The molecule has 2 aromatic carbocycles. The van der Waals surface area contributed by atoms with Crippen LogP contribution in [0.2, 0.25) is 5.02 Å². The van der Waals surface area contributed by atoms with Gasteiger partial charge in [-0.2, -0.15) is 5.26 Å². The number of Topliss-reactive ketones (excluding diaryl/α,β-unsaturated/α-hetero) is 1. The number of nitrogens with one attached hydrogen (secondary N) is 1. The van der Waals surface area contributed by atoms with Crippen LogP contribution >= 0.6 is 11.6 Å². The molecule has 0 radical (unpaired) electrons. The van der Waals surface area contributed by atoms with Gasteiger partial charge in [0.05, 0.1) is 45.5 Å². The zero-order valence-electron chi connectivity index (χ0n) is 21.6. The number of carbonyl (C=O) groups excluding carboxylic acids is 2. The van der Waals surface area contributed by atoms with E-state index in [0.29, 0.717) is 34.0 Å². The maximum atomic E-state index is 13.5. The summed E-state index contributed by atoms with van der Waals surface area (Å²) in [4.78, 5) is 43.4. The van der Waals surface area contributed by atoms with Gasteiger partial charge < -0.3 is 5.32 Å². The zero-order chi connectivity index (χ0) is 27.5. The number of nitriles is 1. The second-order valence-electron chi connectivity index (χ2n) is 10.1. The molecule has 39 heavy (non-hydrogen) atoms. The second-order valence-corrected chi connectivity index (χ2v) is 10.5. The summed E-state index contributed by atoms with van der Waals surface area (Å²) in [5.41, 5.74) is 3.37. The van der Waals surface area contributed by atoms with E-state index in [9.17, 15) is 14.4 Å². The number of nitrogens with zero attached hydrogens (tertiary/aromatic N) is 4. The number of ketones is 1. The summed E-state index contributed by atoms with van der Waals surface area (Å²) in [5, 5.41) is 12.5. The van der Waals surface area contributed by atoms with Crippen LogP contribution in [0.25, 0.3) is 11.0 Å². The lowest BCUT2D eigenvalue weighted by atomic mass is 9.85. The van der Waals surface area contributed by atoms with E-state index in [2.05, 4.69) is 10.3 Å². The highest BCUT2D eigenvalue weighted by Gasteiger charge is 2.26. The number of benzene rings is 2. The van der Waals surface area contributed by atoms with Gasteiger partial charge in [0.15, 0.2) is 5.78 Å². The van der Waals surface area contributed by atoms with E-state index in [4.69, 9.17) is 16.9 Å². The summed E-state index contributed by atoms with van der Waals surface area (Å²) in [5.74, 6) is -0.0815. The smallest absolute Gasteiger partial charge is 0.329 e. The fourth-order valence-electron chi connectivity index (χ4n) is 5.32. The lowest BCUT2D eigenvalue weighted by Crippen LogP contribution is -2.39. The van der Waals surface area contributed by atoms with Crippen molar-refractivity contribution in [1.82, 2.24) is 19.4 Å². The number of fused-ring (bicyclic) bond motifs is 1. The van der Waals surface area contributed by atoms with E-state index < -0.39 is 0 Å². The van der Waals surface area contributed by atoms with Gasteiger partial charge in [-0.15, -0.1) is 0 Å². The summed E-state index contributed by atoms with van der Waals surface area (Å²) in [6, 6.07) is 17.7. The van der Waals surface area contributed by atoms with Crippen molar-refractivity contribution in [3.05, 3.63) is 98.7 Å². The van der Waals surface area contributed by atoms with Crippen molar-refractivity contribution in [2.75, 3.05) is 0 Å². The van der Waals surface area contributed by atoms with Crippen molar-refractivity contribution >= 4 is 34.3 Å². The molecule has 0 spiro atoms. The standard InChI is InChI=1S/C30H28ClN5O3/c1-19-25(14-23(31)16-33-19)29(38)34-24-12-8-21(9-13-24)17-35-26-4-2-3-5-27(26)36(30(35)39)18-28(37)22-10-6-20(15-32)7-11-22/h2-7,10-11,14,16,21,24H,8-9,12-13,17-18H2,1H3,(H,34,38). The van der Waals surface area contributed by atoms with Crippen LogP contribution in [-0.4, -0.2) is 31.9 Å². The van der Waals surface area contributed by atoms with Crippen LogP contribution in [0.3, 0.4) is 0 Å². The van der Waals surface area contributed by atoms with E-state index in [1.165, 1.54) is 10.8 Å². The number of aromatic nitrogens is 3. The Kier molecular flexibility index (Phi) is 7.62. The van der Waals surface area contributed by atoms with Gasteiger partial charge >= 0.3 is 5.69 Å². The fourth-order valence-corrected chi connectivity index (χ4v) is 5.47. The molecule has 1 aliphatic carbocycles. The molecule has 5 rings (SSSR count). The number of aryl methyl sites for hydroxylation is 1. The second kappa shape index (κ2) is 11.3. The molecular formula is C30H28ClN5O3. The highest BCUT2D eigenvalue weighted by Crippen LogP contribution is 2.27. The van der Waals surface area contributed by atoms with Crippen LogP contribution < -0.4 is 11.0 Å². The van der Waals surface area contributed by atoms with Crippen molar-refractivity contribution in [2.24, 2.45) is 5.92 Å². The number of imidazole rings is 1. The molecule has 1 N–H and O–H groups in total. The fraction of sp³-hybridized carbons (Fsp3) is 0.300. The lowest BCUT2D eigenvalue weighted by Gasteiger charge is -2.29. The van der Waals surface area contributed by atoms with Gasteiger partial charge in [0.2, 0.25) is 0 Å². The Labute approximate surface area is 230 Å². The SMILES string of the molecule is Cc1ncc(Cl)cc1C(=O)NC1CCC(Cn2c(=O)n(CC(=O)c3ccc(C#N)cc3)c3ccccc32)CC1. The third kappa shape index (κ3) is 5.64. The molecule has 2 aromatic heterocycles. The van der Waals surface area contributed by atoms with Crippen LogP contribution in [0.1, 0.15) is 57.7 Å². The van der Waals surface area contributed by atoms with Crippen molar-refractivity contribution < 1.29 is 9.59 Å². The number of pyridine rings is 1. The molecule has 1 aliphatic rings. The van der Waals surface area contributed by atoms with Crippen LogP contribution in [0.15, 0.2) is 65.6 Å². The number of rotatable bonds is 7. The van der Waals surface area contributed by atoms with Crippen LogP contribution in [0.5, 0.6) is 0 Å². The highest BCUT2D eigenvalue weighted by atomic mass is 35.5. The molecule has 1 saturated carbocycles. The summed E-state index contributed by atoms with van der Waals surface area (Å²) in [6.45, 7) is 2.26. The molecule has 0 bridgehead atoms. The van der Waals surface area contributed by atoms with Crippen molar-refractivity contribution in [2.45, 2.75) is 51.7 Å². The molecule has 9 heteroatoms. The topological polar surface area (TPSA) is 110 Å². The quantitative estimate of drug-likeness (QED) is 0.334. The van der Waals surface area contributed by atoms with Gasteiger partial charge in [-0.3, -0.25) is 23.7 Å². The molecular weight excluding hydrogens is 514 g/mol. The van der Waals surface area contributed by atoms with Gasteiger partial charge in [0.1, 0.15) is 0 Å². The van der Waals surface area contributed by atoms with E-state index in [0.717, 1.165) is 36.7 Å². The predicted molar refractivity (Wildman–Crippen MR) is 149 cm³/mol. The maximum absolute atomic E-state index is 13.5. The average molecular weight is 542 g/mol. The first-order chi connectivity index (χ1) is 18.8. The molecule has 198 valence electrons. The van der Waals surface area contributed by atoms with Gasteiger partial charge in [0.25, 0.3) is 5.91 Å². The minimum atomic E-state index is -0.211. The first-order valence-corrected chi connectivity index (χ1v) is 13.4. The first-order valence-electron chi connectivity index (χ1n) is 13.0. The first kappa shape index (κ1) is 26.4. The molecule has 0 aliphatic heterocycles. The minimum Gasteiger partial charge on any atom is -0.349 e. The number of hydrogen-bond donors (Lipinski definition) is 1. The van der Waals surface area contributed by atoms with Crippen LogP contribution in [0.4, 0.5) is 0 Å². The molecule has 0 unspecified atom stereocenters. The summed E-state index contributed by atoms with van der Waals surface area (Å²) >= 11 is 6.02. The third-order valence-corrected chi connectivity index (χ3v) is 7.69. The average Bonchev–Trinajstić information content (AvgIpc) is 3.21. The minimum absolute atomic E-state index is 0.0511. The van der Waals surface area contributed by atoms with Gasteiger partial charge in [-0.1, -0.05) is 35.9 Å². The van der Waals surface area contributed by atoms with E-state index in [1.54, 1.807) is 41.8 Å². The Morgan fingerprint density at radius 3 is 2.38 bits per heavy atom. The van der Waals surface area contributed by atoms with E-state index >= 15 is 0 Å². The Balaban J connectivity index is 1.27. The molecule has 2 heterocycles. The normalized spacial score (nSPS) is 17.1. The number of para-hydroxylation sites is 2. The van der Waals surface area contributed by atoms with Gasteiger partial charge in [0, 0.05) is 24.3 Å². The van der Waals surface area contributed by atoms with Crippen molar-refractivity contribution in [3.8, 4) is 6.07 Å². The Bertz CT molecular complexity index is 1640. The maximum Gasteiger partial charge on any atom is 0.329 e. The van der Waals surface area contributed by atoms with Crippen molar-refractivity contribution in [3.63, 3.8) is 0 Å². The zero-order valence-corrected chi connectivity index (χ0v) is 22.3. The highest BCUT2D eigenvalue weighted by molar-refractivity contribution is 6.30. The summed E-state index contributed by atoms with van der Waals surface area (Å²) < 4.78 is 3.30. The van der Waals surface area contributed by atoms with Crippen molar-refractivity contribution in [1.29, 1.82) is 5.26 Å². The van der Waals surface area contributed by atoms with Gasteiger partial charge in [-0.05, 0) is 68.9 Å². The largest absolute Gasteiger partial charge is 0.349 e. The van der Waals surface area contributed by atoms with E-state index in [1.807, 2.05) is 30.3 Å². The Morgan fingerprint density at radius 2 is 1.72 bits per heavy atom. The predicted octanol–water partition coefficient (Wildman–Crippen LogP) is 4.90. The number of carbonyl (C=O) groups is 2. The third-order valence-electron chi connectivity index (χ3n) is 7.48. The molecule has 0 atom stereocenters. The van der Waals surface area contributed by atoms with E-state index in [-0.39, 0.29) is 35.9 Å². The summed E-state index contributed by atoms with van der Waals surface area (Å²) in [7, 11) is 0. The Hall–Kier alpha value is -4.22. The monoisotopic (exact) mass is 541 g/mol. The van der Waals surface area contributed by atoms with Crippen LogP contribution in [-0.2, 0) is 13.1 Å². The molecule has 1 amide bonds. The molecule has 1 fully saturated rings. The molecule has 8 nitrogen and oxygen atoms in total. The molecule has 0 saturated heterocycles.